The quantitative estimate of drug-likeness (QED) is 0.458. The first-order chi connectivity index (χ1) is 10.8. The fourth-order valence-corrected chi connectivity index (χ4v) is 5.97. The van der Waals surface area contributed by atoms with E-state index in [9.17, 15) is 0 Å². The fraction of sp³-hybridized carbons (Fsp3) is 0.0500. The summed E-state index contributed by atoms with van der Waals surface area (Å²) in [6.45, 7) is -1.81. The molecular weight excluding hydrogens is 303 g/mol. The number of hydrogen-bond acceptors (Lipinski definition) is 1. The Bertz CT molecular complexity index is 660. The third-order valence-electron chi connectivity index (χ3n) is 3.73. The van der Waals surface area contributed by atoms with Crippen molar-refractivity contribution in [2.75, 3.05) is 6.16 Å². The van der Waals surface area contributed by atoms with Gasteiger partial charge < -0.3 is 12.2 Å². The molecule has 0 bridgehead atoms. The molecule has 0 saturated carbocycles. The minimum atomic E-state index is -1.81. The van der Waals surface area contributed by atoms with Gasteiger partial charge in [-0.1, -0.05) is 36.4 Å². The van der Waals surface area contributed by atoms with E-state index in [1.165, 1.54) is 16.2 Å². The van der Waals surface area contributed by atoms with E-state index in [-0.39, 0.29) is 0 Å². The van der Waals surface area contributed by atoms with Gasteiger partial charge in [0.15, 0.2) is 0 Å². The van der Waals surface area contributed by atoms with Crippen molar-refractivity contribution in [3.05, 3.63) is 103 Å². The Morgan fingerprint density at radius 1 is 0.864 bits per heavy atom. The van der Waals surface area contributed by atoms with Crippen LogP contribution in [0.5, 0.6) is 0 Å². The molecule has 0 radical (unpaired) electrons. The van der Waals surface area contributed by atoms with E-state index in [4.69, 9.17) is 12.2 Å². The molecule has 2 aromatic rings. The Morgan fingerprint density at radius 2 is 1.45 bits per heavy atom. The summed E-state index contributed by atoms with van der Waals surface area (Å²) in [5.41, 5.74) is 1.24. The smallest absolute Gasteiger partial charge is 0.0999 e. The van der Waals surface area contributed by atoms with Crippen molar-refractivity contribution in [2.24, 2.45) is 0 Å². The summed E-state index contributed by atoms with van der Waals surface area (Å²) in [5, 5.41) is 2.56. The number of allylic oxidation sites excluding steroid dienone is 6. The molecule has 0 spiro atoms. The van der Waals surface area contributed by atoms with Gasteiger partial charge >= 0.3 is 0 Å². The van der Waals surface area contributed by atoms with E-state index in [1.807, 2.05) is 6.08 Å². The number of benzene rings is 2. The lowest BCUT2D eigenvalue weighted by molar-refractivity contribution is 1.49. The predicted octanol–water partition coefficient (Wildman–Crippen LogP) is 4.37. The summed E-state index contributed by atoms with van der Waals surface area (Å²) in [7, 11) is 0. The molecule has 0 atom stereocenters. The van der Waals surface area contributed by atoms with Gasteiger partial charge in [-0.15, -0.1) is 0 Å². The lowest BCUT2D eigenvalue weighted by atomic mass is 10.1. The average molecular weight is 321 g/mol. The normalized spacial score (nSPS) is 15.8. The van der Waals surface area contributed by atoms with E-state index >= 15 is 0 Å². The number of rotatable bonds is 4. The Hall–Kier alpha value is -1.69. The SMILES string of the molecule is [S-][P+](CC=C1C=CC=C[CH+]1)(c1ccccc1)c1ccccc1. The van der Waals surface area contributed by atoms with Gasteiger partial charge in [0.1, 0.15) is 0 Å². The van der Waals surface area contributed by atoms with Crippen molar-refractivity contribution >= 4 is 29.3 Å². The molecule has 0 heterocycles. The first kappa shape index (κ1) is 15.2. The van der Waals surface area contributed by atoms with E-state index in [0.717, 1.165) is 6.16 Å². The molecule has 0 aromatic heterocycles. The summed E-state index contributed by atoms with van der Waals surface area (Å²) in [6.07, 6.45) is 13.6. The molecule has 0 aliphatic heterocycles. The second-order valence-electron chi connectivity index (χ2n) is 5.21. The maximum absolute atomic E-state index is 6.21. The maximum Gasteiger partial charge on any atom is 0.0999 e. The molecule has 1 aliphatic carbocycles. The van der Waals surface area contributed by atoms with Crippen LogP contribution >= 0.6 is 6.46 Å². The van der Waals surface area contributed by atoms with Gasteiger partial charge in [0.25, 0.3) is 0 Å². The molecule has 108 valence electrons. The van der Waals surface area contributed by atoms with Gasteiger partial charge in [0.2, 0.25) is 0 Å². The van der Waals surface area contributed by atoms with Crippen LogP contribution in [0.25, 0.3) is 0 Å². The van der Waals surface area contributed by atoms with Crippen LogP contribution in [-0.2, 0) is 12.2 Å². The van der Waals surface area contributed by atoms with Crippen molar-refractivity contribution in [2.45, 2.75) is 0 Å². The molecule has 0 unspecified atom stereocenters. The fourth-order valence-electron chi connectivity index (χ4n) is 2.52. The summed E-state index contributed by atoms with van der Waals surface area (Å²) in [4.78, 5) is 0. The third kappa shape index (κ3) is 3.38. The molecule has 3 rings (SSSR count). The zero-order valence-electron chi connectivity index (χ0n) is 12.3. The molecule has 2 aromatic carbocycles. The van der Waals surface area contributed by atoms with Crippen LogP contribution in [0.15, 0.2) is 96.6 Å². The van der Waals surface area contributed by atoms with Gasteiger partial charge in [-0.05, 0) is 30.7 Å². The minimum absolute atomic E-state index is 0.903. The van der Waals surface area contributed by atoms with Crippen molar-refractivity contribution in [1.29, 1.82) is 0 Å². The van der Waals surface area contributed by atoms with Gasteiger partial charge in [-0.25, -0.2) is 0 Å². The van der Waals surface area contributed by atoms with Crippen molar-refractivity contribution in [3.63, 3.8) is 0 Å². The molecule has 22 heavy (non-hydrogen) atoms. The first-order valence-corrected chi connectivity index (χ1v) is 10.4. The highest BCUT2D eigenvalue weighted by molar-refractivity contribution is 8.48. The molecule has 0 amide bonds. The molecule has 0 fully saturated rings. The van der Waals surface area contributed by atoms with E-state index in [2.05, 4.69) is 91.4 Å². The Kier molecular flexibility index (Phi) is 4.87. The van der Waals surface area contributed by atoms with Crippen LogP contribution in [0, 0.1) is 6.42 Å². The highest BCUT2D eigenvalue weighted by atomic mass is 32.7. The standard InChI is InChI=1S/C20H18PS/c22-21(19-12-6-2-7-13-19,20-14-8-3-9-15-20)17-16-18-10-4-1-5-11-18/h1-16H,17H2/q+1. The Morgan fingerprint density at radius 3 is 1.95 bits per heavy atom. The second kappa shape index (κ2) is 7.05. The van der Waals surface area contributed by atoms with Crippen molar-refractivity contribution in [3.8, 4) is 0 Å². The highest BCUT2D eigenvalue weighted by Crippen LogP contribution is 2.54. The number of hydrogen-bond donors (Lipinski definition) is 0. The zero-order valence-corrected chi connectivity index (χ0v) is 14.0. The van der Waals surface area contributed by atoms with Crippen LogP contribution in [0.2, 0.25) is 0 Å². The van der Waals surface area contributed by atoms with Crippen LogP contribution < -0.4 is 10.6 Å². The average Bonchev–Trinajstić information content (AvgIpc) is 2.62. The summed E-state index contributed by atoms with van der Waals surface area (Å²) in [5.74, 6) is 0. The van der Waals surface area contributed by atoms with Gasteiger partial charge in [-0.3, -0.25) is 0 Å². The molecular formula is C20H18PS+. The second-order valence-corrected chi connectivity index (χ2v) is 9.96. The summed E-state index contributed by atoms with van der Waals surface area (Å²) in [6, 6.07) is 21.1. The van der Waals surface area contributed by atoms with E-state index < -0.39 is 6.46 Å². The predicted molar refractivity (Wildman–Crippen MR) is 102 cm³/mol. The lowest BCUT2D eigenvalue weighted by Gasteiger charge is -2.31. The molecule has 0 saturated heterocycles. The van der Waals surface area contributed by atoms with E-state index in [0.29, 0.717) is 0 Å². The van der Waals surface area contributed by atoms with Gasteiger partial charge in [0, 0.05) is 36.8 Å². The zero-order chi connectivity index (χ0) is 15.3. The monoisotopic (exact) mass is 321 g/mol. The molecule has 0 N–H and O–H groups in total. The third-order valence-corrected chi connectivity index (χ3v) is 8.40. The highest BCUT2D eigenvalue weighted by Gasteiger charge is 2.29. The molecule has 0 nitrogen and oxygen atoms in total. The Balaban J connectivity index is 1.97. The van der Waals surface area contributed by atoms with Crippen molar-refractivity contribution < 1.29 is 0 Å². The van der Waals surface area contributed by atoms with Gasteiger partial charge in [0.05, 0.1) is 22.3 Å². The summed E-state index contributed by atoms with van der Waals surface area (Å²) < 4.78 is 0. The van der Waals surface area contributed by atoms with Gasteiger partial charge in [-0.2, -0.15) is 0 Å². The minimum Gasteiger partial charge on any atom is -0.544 e. The Labute approximate surface area is 138 Å². The molecule has 1 aliphatic rings. The van der Waals surface area contributed by atoms with Crippen molar-refractivity contribution in [1.82, 2.24) is 0 Å². The maximum atomic E-state index is 6.21. The van der Waals surface area contributed by atoms with Crippen LogP contribution in [0.3, 0.4) is 0 Å². The lowest BCUT2D eigenvalue weighted by Crippen LogP contribution is -2.22. The topological polar surface area (TPSA) is 0 Å². The molecule has 2 heteroatoms. The largest absolute Gasteiger partial charge is 0.544 e. The van der Waals surface area contributed by atoms with Crippen LogP contribution in [-0.4, -0.2) is 6.16 Å². The van der Waals surface area contributed by atoms with Crippen LogP contribution in [0.1, 0.15) is 0 Å². The summed E-state index contributed by atoms with van der Waals surface area (Å²) >= 11 is 6.21. The first-order valence-electron chi connectivity index (χ1n) is 7.37. The van der Waals surface area contributed by atoms with E-state index in [1.54, 1.807) is 0 Å². The van der Waals surface area contributed by atoms with Crippen LogP contribution in [0.4, 0.5) is 0 Å².